The van der Waals surface area contributed by atoms with Gasteiger partial charge in [-0.3, -0.25) is 0 Å². The second-order valence-corrected chi connectivity index (χ2v) is 6.56. The average molecular weight is 458 g/mol. The Morgan fingerprint density at radius 2 is 0.833 bits per heavy atom. The number of rotatable bonds is 4. The summed E-state index contributed by atoms with van der Waals surface area (Å²) in [4.78, 5) is 0. The average Bonchev–Trinajstić information content (AvgIpc) is 2.38. The molecule has 0 aromatic heterocycles. The number of hydrogen-bond acceptors (Lipinski definition) is 2. The predicted molar refractivity (Wildman–Crippen MR) is 119 cm³/mol. The van der Waals surface area contributed by atoms with Crippen LogP contribution < -0.4 is 10.6 Å². The smallest absolute Gasteiger partial charge is 0.0934 e. The van der Waals surface area contributed by atoms with Crippen LogP contribution in [0.1, 0.15) is 40.3 Å². The largest absolute Gasteiger partial charge is 0.365 e. The molecule has 0 aliphatic carbocycles. The van der Waals surface area contributed by atoms with Crippen molar-refractivity contribution in [2.75, 3.05) is 10.6 Å². The van der Waals surface area contributed by atoms with Gasteiger partial charge in [-0.15, -0.1) is 34.0 Å². The Labute approximate surface area is 168 Å². The van der Waals surface area contributed by atoms with Gasteiger partial charge >= 0.3 is 0 Å². The summed E-state index contributed by atoms with van der Waals surface area (Å²) in [6.07, 6.45) is 0.167. The molecule has 0 aliphatic heterocycles. The number of aryl methyl sites for hydroxylation is 6. The highest BCUT2D eigenvalue weighted by molar-refractivity contribution is 8.93. The van der Waals surface area contributed by atoms with Crippen LogP contribution in [0.25, 0.3) is 0 Å². The van der Waals surface area contributed by atoms with Crippen LogP contribution in [0.3, 0.4) is 0 Å². The molecule has 0 heterocycles. The van der Waals surface area contributed by atoms with Gasteiger partial charge < -0.3 is 10.6 Å². The van der Waals surface area contributed by atoms with Gasteiger partial charge in [-0.1, -0.05) is 35.4 Å². The van der Waals surface area contributed by atoms with Gasteiger partial charge in [-0.25, -0.2) is 0 Å². The summed E-state index contributed by atoms with van der Waals surface area (Å²) in [6, 6.07) is 8.91. The van der Waals surface area contributed by atoms with E-state index in [1.165, 1.54) is 44.8 Å². The summed E-state index contributed by atoms with van der Waals surface area (Å²) < 4.78 is 0. The van der Waals surface area contributed by atoms with E-state index < -0.39 is 0 Å². The molecule has 0 saturated carbocycles. The summed E-state index contributed by atoms with van der Waals surface area (Å²) in [5.41, 5.74) is 10.3. The fraction of sp³-hybridized carbons (Fsp3) is 0.400. The van der Waals surface area contributed by atoms with Gasteiger partial charge in [0.1, 0.15) is 0 Å². The van der Waals surface area contributed by atoms with E-state index >= 15 is 0 Å². The van der Waals surface area contributed by atoms with Gasteiger partial charge in [0.25, 0.3) is 0 Å². The molecule has 2 aromatic rings. The van der Waals surface area contributed by atoms with Crippen LogP contribution >= 0.6 is 34.0 Å². The van der Waals surface area contributed by atoms with Crippen molar-refractivity contribution in [1.29, 1.82) is 0 Å². The SMILES string of the molecule is Br.Br.Cc1cc(C)c(NC(C)Nc2c(C)cc(C)cc2C)c(C)c1. The molecule has 24 heavy (non-hydrogen) atoms. The lowest BCUT2D eigenvalue weighted by molar-refractivity contribution is 0.905. The zero-order valence-electron chi connectivity index (χ0n) is 15.7. The number of nitrogens with one attached hydrogen (secondary N) is 2. The van der Waals surface area contributed by atoms with Crippen LogP contribution in [0.5, 0.6) is 0 Å². The zero-order chi connectivity index (χ0) is 16.4. The third-order valence-electron chi connectivity index (χ3n) is 4.08. The van der Waals surface area contributed by atoms with E-state index in [0.717, 1.165) is 0 Å². The minimum absolute atomic E-state index is 0. The number of benzene rings is 2. The number of hydrogen-bond donors (Lipinski definition) is 2. The fourth-order valence-corrected chi connectivity index (χ4v) is 3.28. The van der Waals surface area contributed by atoms with E-state index in [1.54, 1.807) is 0 Å². The van der Waals surface area contributed by atoms with Crippen LogP contribution in [0.4, 0.5) is 11.4 Å². The molecule has 0 bridgehead atoms. The zero-order valence-corrected chi connectivity index (χ0v) is 19.1. The molecular weight excluding hydrogens is 428 g/mol. The van der Waals surface area contributed by atoms with E-state index in [0.29, 0.717) is 0 Å². The van der Waals surface area contributed by atoms with E-state index in [2.05, 4.69) is 83.4 Å². The lowest BCUT2D eigenvalue weighted by Crippen LogP contribution is -2.26. The van der Waals surface area contributed by atoms with E-state index in [4.69, 9.17) is 0 Å². The summed E-state index contributed by atoms with van der Waals surface area (Å²) in [6.45, 7) is 15.1. The van der Waals surface area contributed by atoms with Crippen molar-refractivity contribution >= 4 is 45.3 Å². The fourth-order valence-electron chi connectivity index (χ4n) is 3.28. The van der Waals surface area contributed by atoms with E-state index in [9.17, 15) is 0 Å². The molecule has 0 unspecified atom stereocenters. The van der Waals surface area contributed by atoms with Crippen molar-refractivity contribution < 1.29 is 0 Å². The molecule has 2 nitrogen and oxygen atoms in total. The monoisotopic (exact) mass is 456 g/mol. The molecular formula is C20H30Br2N2. The summed E-state index contributed by atoms with van der Waals surface area (Å²) in [7, 11) is 0. The van der Waals surface area contributed by atoms with Crippen LogP contribution in [0.15, 0.2) is 24.3 Å². The van der Waals surface area contributed by atoms with Gasteiger partial charge in [0.05, 0.1) is 6.17 Å². The first kappa shape index (κ1) is 23.0. The first-order valence-corrected chi connectivity index (χ1v) is 7.96. The van der Waals surface area contributed by atoms with E-state index in [-0.39, 0.29) is 40.1 Å². The summed E-state index contributed by atoms with van der Waals surface area (Å²) >= 11 is 0. The summed E-state index contributed by atoms with van der Waals surface area (Å²) in [5, 5.41) is 7.22. The Balaban J connectivity index is 0.00000264. The maximum atomic E-state index is 3.61. The number of anilines is 2. The normalized spacial score (nSPS) is 10.0. The third kappa shape index (κ3) is 5.52. The lowest BCUT2D eigenvalue weighted by atomic mass is 10.0. The van der Waals surface area contributed by atoms with Crippen molar-refractivity contribution in [3.05, 3.63) is 57.6 Å². The van der Waals surface area contributed by atoms with Crippen molar-refractivity contribution in [3.8, 4) is 0 Å². The van der Waals surface area contributed by atoms with Gasteiger partial charge in [0.15, 0.2) is 0 Å². The first-order valence-electron chi connectivity index (χ1n) is 7.96. The minimum atomic E-state index is 0. The predicted octanol–water partition coefficient (Wildman–Crippen LogP) is 6.56. The Kier molecular flexibility index (Phi) is 9.08. The van der Waals surface area contributed by atoms with Crippen molar-refractivity contribution in [1.82, 2.24) is 0 Å². The molecule has 2 aromatic carbocycles. The van der Waals surface area contributed by atoms with E-state index in [1.807, 2.05) is 0 Å². The molecule has 2 rings (SSSR count). The Morgan fingerprint density at radius 3 is 1.08 bits per heavy atom. The molecule has 134 valence electrons. The van der Waals surface area contributed by atoms with Crippen LogP contribution in [-0.2, 0) is 0 Å². The second-order valence-electron chi connectivity index (χ2n) is 6.56. The minimum Gasteiger partial charge on any atom is -0.365 e. The highest BCUT2D eigenvalue weighted by atomic mass is 79.9. The van der Waals surface area contributed by atoms with Crippen molar-refractivity contribution in [2.45, 2.75) is 54.6 Å². The highest BCUT2D eigenvalue weighted by Gasteiger charge is 2.10. The molecule has 0 atom stereocenters. The standard InChI is InChI=1S/C20H28N2.2BrH/c1-12-8-14(3)19(15(4)9-12)21-18(7)22-20-16(5)10-13(2)11-17(20)6;;/h8-11,18,21-22H,1-7H3;2*1H. The number of halogens is 2. The molecule has 2 N–H and O–H groups in total. The third-order valence-corrected chi connectivity index (χ3v) is 4.08. The topological polar surface area (TPSA) is 24.1 Å². The molecule has 0 aliphatic rings. The lowest BCUT2D eigenvalue weighted by Gasteiger charge is -2.24. The Bertz CT molecular complexity index is 591. The van der Waals surface area contributed by atoms with Crippen LogP contribution in [0.2, 0.25) is 0 Å². The second kappa shape index (κ2) is 9.47. The maximum absolute atomic E-state index is 3.61. The summed E-state index contributed by atoms with van der Waals surface area (Å²) in [5.74, 6) is 0. The highest BCUT2D eigenvalue weighted by Crippen LogP contribution is 2.25. The van der Waals surface area contributed by atoms with Crippen molar-refractivity contribution in [2.24, 2.45) is 0 Å². The molecule has 0 amide bonds. The Hall–Kier alpha value is -1.00. The molecule has 4 heteroatoms. The van der Waals surface area contributed by atoms with Gasteiger partial charge in [0, 0.05) is 11.4 Å². The van der Waals surface area contributed by atoms with Gasteiger partial charge in [-0.2, -0.15) is 0 Å². The quantitative estimate of drug-likeness (QED) is 0.507. The maximum Gasteiger partial charge on any atom is 0.0934 e. The van der Waals surface area contributed by atoms with Gasteiger partial charge in [0.2, 0.25) is 0 Å². The van der Waals surface area contributed by atoms with Crippen LogP contribution in [-0.4, -0.2) is 6.17 Å². The van der Waals surface area contributed by atoms with Gasteiger partial charge in [-0.05, 0) is 70.7 Å². The Morgan fingerprint density at radius 1 is 0.583 bits per heavy atom. The molecule has 0 spiro atoms. The molecule has 0 saturated heterocycles. The van der Waals surface area contributed by atoms with Crippen LogP contribution in [0, 0.1) is 41.5 Å². The molecule has 0 fully saturated rings. The van der Waals surface area contributed by atoms with Crippen molar-refractivity contribution in [3.63, 3.8) is 0 Å². The molecule has 0 radical (unpaired) electrons. The first-order chi connectivity index (χ1) is 10.3.